The predicted octanol–water partition coefficient (Wildman–Crippen LogP) is 1.40. The van der Waals surface area contributed by atoms with E-state index >= 15 is 0 Å². The van der Waals surface area contributed by atoms with Crippen molar-refractivity contribution in [3.8, 4) is 0 Å². The smallest absolute Gasteiger partial charge is 0.296 e. The van der Waals surface area contributed by atoms with Crippen molar-refractivity contribution in [2.24, 2.45) is 0 Å². The van der Waals surface area contributed by atoms with Gasteiger partial charge < -0.3 is 5.32 Å². The van der Waals surface area contributed by atoms with Crippen LogP contribution in [0.25, 0.3) is 0 Å². The Morgan fingerprint density at radius 1 is 1.56 bits per heavy atom. The summed E-state index contributed by atoms with van der Waals surface area (Å²) in [5, 5.41) is 13.4. The van der Waals surface area contributed by atoms with E-state index in [1.54, 1.807) is 10.7 Å². The van der Waals surface area contributed by atoms with Gasteiger partial charge in [0.2, 0.25) is 5.82 Å². The molecule has 0 aromatic carbocycles. The van der Waals surface area contributed by atoms with Gasteiger partial charge in [0.05, 0.1) is 0 Å². The van der Waals surface area contributed by atoms with Crippen LogP contribution in [0.3, 0.4) is 0 Å². The Balaban J connectivity index is 2.06. The van der Waals surface area contributed by atoms with E-state index in [1.165, 1.54) is 0 Å². The van der Waals surface area contributed by atoms with Crippen LogP contribution in [-0.4, -0.2) is 30.9 Å². The number of aromatic nitrogens is 5. The number of H-pyrrole nitrogens is 1. The molecule has 0 fully saturated rings. The van der Waals surface area contributed by atoms with Crippen molar-refractivity contribution < 1.29 is 4.79 Å². The molecule has 0 bridgehead atoms. The number of carbonyl (C=O) groups excluding carboxylic acids is 1. The monoisotopic (exact) mass is 248 g/mol. The van der Waals surface area contributed by atoms with Crippen LogP contribution in [0.2, 0.25) is 0 Å². The third-order valence-electron chi connectivity index (χ3n) is 2.45. The Labute approximate surface area is 105 Å². The molecule has 2 rings (SSSR count). The number of carbonyl (C=O) groups is 1. The summed E-state index contributed by atoms with van der Waals surface area (Å²) in [6.45, 7) is 5.97. The molecular formula is C11H16N6O. The van der Waals surface area contributed by atoms with Crippen molar-refractivity contribution in [3.63, 3.8) is 0 Å². The Hall–Kier alpha value is -2.18. The van der Waals surface area contributed by atoms with Crippen LogP contribution >= 0.6 is 0 Å². The minimum absolute atomic E-state index is 0.131. The summed E-state index contributed by atoms with van der Waals surface area (Å²) in [5.74, 6) is 0.954. The van der Waals surface area contributed by atoms with E-state index < -0.39 is 0 Å². The molecule has 1 amide bonds. The highest BCUT2D eigenvalue weighted by atomic mass is 16.2. The Morgan fingerprint density at radius 2 is 2.33 bits per heavy atom. The Bertz CT molecular complexity index is 541. The minimum atomic E-state index is -0.361. The standard InChI is InChI=1S/C11H16N6O/c1-4-8-12-10(15-14-8)11(18)13-9-5-6-17(16-9)7(2)3/h5-7H,4H2,1-3H3,(H,12,14,15)(H,13,16,18). The fourth-order valence-electron chi connectivity index (χ4n) is 1.42. The normalized spacial score (nSPS) is 10.9. The lowest BCUT2D eigenvalue weighted by Crippen LogP contribution is -2.14. The number of hydrogen-bond acceptors (Lipinski definition) is 4. The van der Waals surface area contributed by atoms with Gasteiger partial charge in [0.25, 0.3) is 5.91 Å². The number of anilines is 1. The number of hydrogen-bond donors (Lipinski definition) is 2. The SMILES string of the molecule is CCc1nc(C(=O)Nc2ccn(C(C)C)n2)n[nH]1. The van der Waals surface area contributed by atoms with Crippen molar-refractivity contribution in [2.75, 3.05) is 5.32 Å². The highest BCUT2D eigenvalue weighted by Crippen LogP contribution is 2.08. The molecule has 0 aliphatic rings. The van der Waals surface area contributed by atoms with Gasteiger partial charge in [-0.05, 0) is 13.8 Å². The topological polar surface area (TPSA) is 88.5 Å². The molecule has 2 aromatic heterocycles. The number of aromatic amines is 1. The molecule has 0 radical (unpaired) electrons. The van der Waals surface area contributed by atoms with Crippen LogP contribution in [0, 0.1) is 0 Å². The average molecular weight is 248 g/mol. The fraction of sp³-hybridized carbons (Fsp3) is 0.455. The lowest BCUT2D eigenvalue weighted by Gasteiger charge is -2.03. The molecule has 0 unspecified atom stereocenters. The molecule has 7 heteroatoms. The zero-order chi connectivity index (χ0) is 13.1. The molecule has 96 valence electrons. The second kappa shape index (κ2) is 4.99. The molecule has 18 heavy (non-hydrogen) atoms. The van der Waals surface area contributed by atoms with E-state index in [0.29, 0.717) is 18.1 Å². The van der Waals surface area contributed by atoms with Crippen molar-refractivity contribution >= 4 is 11.7 Å². The van der Waals surface area contributed by atoms with Gasteiger partial charge in [0.15, 0.2) is 5.82 Å². The van der Waals surface area contributed by atoms with Crippen LogP contribution in [0.15, 0.2) is 12.3 Å². The molecule has 2 heterocycles. The van der Waals surface area contributed by atoms with Gasteiger partial charge in [0, 0.05) is 24.7 Å². The Kier molecular flexibility index (Phi) is 3.40. The fourth-order valence-corrected chi connectivity index (χ4v) is 1.42. The van der Waals surface area contributed by atoms with E-state index in [1.807, 2.05) is 27.0 Å². The van der Waals surface area contributed by atoms with Gasteiger partial charge in [0.1, 0.15) is 5.82 Å². The molecule has 0 spiro atoms. The number of aryl methyl sites for hydroxylation is 1. The van der Waals surface area contributed by atoms with E-state index in [9.17, 15) is 4.79 Å². The average Bonchev–Trinajstić information content (AvgIpc) is 2.96. The van der Waals surface area contributed by atoms with Gasteiger partial charge in [-0.1, -0.05) is 6.92 Å². The van der Waals surface area contributed by atoms with Gasteiger partial charge in [-0.25, -0.2) is 4.98 Å². The van der Waals surface area contributed by atoms with Crippen LogP contribution in [-0.2, 0) is 6.42 Å². The maximum absolute atomic E-state index is 11.8. The third kappa shape index (κ3) is 2.55. The quantitative estimate of drug-likeness (QED) is 0.855. The summed E-state index contributed by atoms with van der Waals surface area (Å²) in [5.41, 5.74) is 0. The van der Waals surface area contributed by atoms with Crippen LogP contribution in [0.5, 0.6) is 0 Å². The van der Waals surface area contributed by atoms with Gasteiger partial charge in [-0.2, -0.15) is 5.10 Å². The van der Waals surface area contributed by atoms with Crippen molar-refractivity contribution in [1.29, 1.82) is 0 Å². The highest BCUT2D eigenvalue weighted by molar-refractivity contribution is 6.00. The first-order valence-electron chi connectivity index (χ1n) is 5.88. The van der Waals surface area contributed by atoms with Crippen molar-refractivity contribution in [2.45, 2.75) is 33.2 Å². The molecule has 0 atom stereocenters. The summed E-state index contributed by atoms with van der Waals surface area (Å²) < 4.78 is 1.77. The second-order valence-electron chi connectivity index (χ2n) is 4.19. The number of nitrogens with one attached hydrogen (secondary N) is 2. The predicted molar refractivity (Wildman–Crippen MR) is 66.3 cm³/mol. The lowest BCUT2D eigenvalue weighted by atomic mass is 10.4. The first-order chi connectivity index (χ1) is 8.60. The van der Waals surface area contributed by atoms with Crippen molar-refractivity contribution in [1.82, 2.24) is 25.0 Å². The molecule has 0 aliphatic heterocycles. The summed E-state index contributed by atoms with van der Waals surface area (Å²) in [6.07, 6.45) is 2.53. The molecule has 0 saturated heterocycles. The van der Waals surface area contributed by atoms with Crippen LogP contribution in [0.4, 0.5) is 5.82 Å². The van der Waals surface area contributed by atoms with Gasteiger partial charge in [-0.3, -0.25) is 14.6 Å². The second-order valence-corrected chi connectivity index (χ2v) is 4.19. The summed E-state index contributed by atoms with van der Waals surface area (Å²) >= 11 is 0. The molecule has 2 N–H and O–H groups in total. The molecule has 0 aliphatic carbocycles. The summed E-state index contributed by atoms with van der Waals surface area (Å²) in [4.78, 5) is 15.9. The maximum Gasteiger partial charge on any atom is 0.296 e. The van der Waals surface area contributed by atoms with Crippen molar-refractivity contribution in [3.05, 3.63) is 23.9 Å². The highest BCUT2D eigenvalue weighted by Gasteiger charge is 2.13. The number of amides is 1. The van der Waals surface area contributed by atoms with E-state index in [4.69, 9.17) is 0 Å². The van der Waals surface area contributed by atoms with E-state index in [0.717, 1.165) is 0 Å². The van der Waals surface area contributed by atoms with Crippen LogP contribution in [0.1, 0.15) is 43.3 Å². The lowest BCUT2D eigenvalue weighted by molar-refractivity contribution is 0.101. The Morgan fingerprint density at radius 3 is 2.89 bits per heavy atom. The third-order valence-corrected chi connectivity index (χ3v) is 2.45. The van der Waals surface area contributed by atoms with E-state index in [-0.39, 0.29) is 17.8 Å². The van der Waals surface area contributed by atoms with Gasteiger partial charge in [-0.15, -0.1) is 5.10 Å². The number of nitrogens with zero attached hydrogens (tertiary/aromatic N) is 4. The number of rotatable bonds is 4. The minimum Gasteiger partial charge on any atom is -0.302 e. The van der Waals surface area contributed by atoms with Crippen LogP contribution < -0.4 is 5.32 Å². The zero-order valence-corrected chi connectivity index (χ0v) is 10.6. The summed E-state index contributed by atoms with van der Waals surface area (Å²) in [7, 11) is 0. The molecular weight excluding hydrogens is 232 g/mol. The first-order valence-corrected chi connectivity index (χ1v) is 5.88. The largest absolute Gasteiger partial charge is 0.302 e. The zero-order valence-electron chi connectivity index (χ0n) is 10.6. The molecule has 2 aromatic rings. The maximum atomic E-state index is 11.8. The van der Waals surface area contributed by atoms with E-state index in [2.05, 4.69) is 25.6 Å². The van der Waals surface area contributed by atoms with Gasteiger partial charge >= 0.3 is 0 Å². The first kappa shape index (κ1) is 12.3. The molecule has 7 nitrogen and oxygen atoms in total. The molecule has 0 saturated carbocycles. The summed E-state index contributed by atoms with van der Waals surface area (Å²) in [6, 6.07) is 2.00.